The molecule has 0 aliphatic heterocycles. The molecular formula is C11H13ClFNO4S. The van der Waals surface area contributed by atoms with Crippen molar-refractivity contribution in [1.82, 2.24) is 4.72 Å². The Hall–Kier alpha value is -1.18. The zero-order chi connectivity index (χ0) is 14.6. The summed E-state index contributed by atoms with van der Waals surface area (Å²) in [5.74, 6) is -2.41. The molecule has 1 aromatic carbocycles. The summed E-state index contributed by atoms with van der Waals surface area (Å²) in [6.45, 7) is 1.71. The van der Waals surface area contributed by atoms with Gasteiger partial charge in [-0.05, 0) is 18.6 Å². The number of carboxylic acid groups (broad SMARTS) is 1. The molecule has 0 unspecified atom stereocenters. The van der Waals surface area contributed by atoms with Gasteiger partial charge in [0.1, 0.15) is 10.9 Å². The lowest BCUT2D eigenvalue weighted by atomic mass is 10.2. The van der Waals surface area contributed by atoms with Crippen LogP contribution in [0.3, 0.4) is 0 Å². The van der Waals surface area contributed by atoms with E-state index in [2.05, 4.69) is 0 Å². The van der Waals surface area contributed by atoms with Crippen LogP contribution >= 0.6 is 11.6 Å². The van der Waals surface area contributed by atoms with Crippen LogP contribution in [0, 0.1) is 5.82 Å². The minimum atomic E-state index is -4.27. The number of rotatable bonds is 6. The van der Waals surface area contributed by atoms with Crippen LogP contribution in [0.15, 0.2) is 23.1 Å². The molecule has 0 spiro atoms. The summed E-state index contributed by atoms with van der Waals surface area (Å²) < 4.78 is 39.4. The van der Waals surface area contributed by atoms with Crippen molar-refractivity contribution in [2.24, 2.45) is 0 Å². The number of hydrogen-bond acceptors (Lipinski definition) is 3. The lowest BCUT2D eigenvalue weighted by Gasteiger charge is -2.14. The maximum absolute atomic E-state index is 13.6. The Labute approximate surface area is 115 Å². The van der Waals surface area contributed by atoms with Gasteiger partial charge in [0, 0.05) is 0 Å². The SMILES string of the molecule is CCC[C@H](NS(=O)(=O)c1cccc(Cl)c1F)C(=O)O. The van der Waals surface area contributed by atoms with Gasteiger partial charge in [-0.2, -0.15) is 4.72 Å². The second-order valence-electron chi connectivity index (χ2n) is 3.85. The summed E-state index contributed by atoms with van der Waals surface area (Å²) in [6.07, 6.45) is 0.578. The fourth-order valence-corrected chi connectivity index (χ4v) is 3.02. The molecule has 106 valence electrons. The first-order chi connectivity index (χ1) is 8.79. The molecule has 19 heavy (non-hydrogen) atoms. The van der Waals surface area contributed by atoms with Crippen molar-refractivity contribution < 1.29 is 22.7 Å². The first-order valence-corrected chi connectivity index (χ1v) is 7.35. The predicted molar refractivity (Wildman–Crippen MR) is 68.1 cm³/mol. The first kappa shape index (κ1) is 15.9. The Morgan fingerprint density at radius 1 is 1.53 bits per heavy atom. The van der Waals surface area contributed by atoms with Gasteiger partial charge in [-0.3, -0.25) is 4.79 Å². The van der Waals surface area contributed by atoms with Crippen molar-refractivity contribution >= 4 is 27.6 Å². The normalized spacial score (nSPS) is 13.2. The quantitative estimate of drug-likeness (QED) is 0.842. The van der Waals surface area contributed by atoms with Gasteiger partial charge in [-0.25, -0.2) is 12.8 Å². The van der Waals surface area contributed by atoms with Crippen molar-refractivity contribution in [3.63, 3.8) is 0 Å². The Morgan fingerprint density at radius 3 is 2.68 bits per heavy atom. The molecule has 5 nitrogen and oxygen atoms in total. The second kappa shape index (κ2) is 6.31. The Bertz CT molecular complexity index is 576. The lowest BCUT2D eigenvalue weighted by Crippen LogP contribution is -2.40. The maximum atomic E-state index is 13.6. The molecule has 0 aliphatic rings. The number of carboxylic acids is 1. The van der Waals surface area contributed by atoms with Crippen LogP contribution in [-0.2, 0) is 14.8 Å². The van der Waals surface area contributed by atoms with E-state index in [1.54, 1.807) is 6.92 Å². The number of nitrogens with one attached hydrogen (secondary N) is 1. The van der Waals surface area contributed by atoms with E-state index in [0.29, 0.717) is 6.42 Å². The summed E-state index contributed by atoms with van der Waals surface area (Å²) in [5.41, 5.74) is 0. The van der Waals surface area contributed by atoms with E-state index >= 15 is 0 Å². The molecule has 0 aromatic heterocycles. The molecule has 2 N–H and O–H groups in total. The fourth-order valence-electron chi connectivity index (χ4n) is 1.46. The third-order valence-corrected chi connectivity index (χ3v) is 4.16. The summed E-state index contributed by atoms with van der Waals surface area (Å²) in [6, 6.07) is 2.20. The van der Waals surface area contributed by atoms with Crippen LogP contribution in [0.25, 0.3) is 0 Å². The summed E-state index contributed by atoms with van der Waals surface area (Å²) in [5, 5.41) is 8.55. The number of carbonyl (C=O) groups is 1. The Morgan fingerprint density at radius 2 is 2.16 bits per heavy atom. The molecule has 0 radical (unpaired) electrons. The predicted octanol–water partition coefficient (Wildman–Crippen LogP) is 2.01. The molecule has 1 atom stereocenters. The van der Waals surface area contributed by atoms with Crippen molar-refractivity contribution in [2.45, 2.75) is 30.7 Å². The number of aliphatic carboxylic acids is 1. The smallest absolute Gasteiger partial charge is 0.321 e. The summed E-state index contributed by atoms with van der Waals surface area (Å²) in [7, 11) is -4.27. The van der Waals surface area contributed by atoms with Gasteiger partial charge in [0.05, 0.1) is 5.02 Å². The molecule has 0 bridgehead atoms. The molecule has 0 saturated heterocycles. The molecule has 0 aliphatic carbocycles. The average molecular weight is 310 g/mol. The van der Waals surface area contributed by atoms with Crippen LogP contribution in [0.5, 0.6) is 0 Å². The third-order valence-electron chi connectivity index (χ3n) is 2.38. The maximum Gasteiger partial charge on any atom is 0.321 e. The van der Waals surface area contributed by atoms with E-state index in [1.165, 1.54) is 12.1 Å². The highest BCUT2D eigenvalue weighted by molar-refractivity contribution is 7.89. The van der Waals surface area contributed by atoms with Crippen LogP contribution in [0.2, 0.25) is 5.02 Å². The van der Waals surface area contributed by atoms with E-state index in [4.69, 9.17) is 16.7 Å². The number of halogens is 2. The van der Waals surface area contributed by atoms with Crippen molar-refractivity contribution in [3.05, 3.63) is 29.0 Å². The third kappa shape index (κ3) is 3.89. The van der Waals surface area contributed by atoms with Crippen LogP contribution in [0.4, 0.5) is 4.39 Å². The van der Waals surface area contributed by atoms with E-state index in [9.17, 15) is 17.6 Å². The lowest BCUT2D eigenvalue weighted by molar-refractivity contribution is -0.139. The zero-order valence-corrected chi connectivity index (χ0v) is 11.6. The van der Waals surface area contributed by atoms with Gasteiger partial charge >= 0.3 is 5.97 Å². The summed E-state index contributed by atoms with van der Waals surface area (Å²) >= 11 is 5.50. The molecule has 0 amide bonds. The average Bonchev–Trinajstić information content (AvgIpc) is 2.31. The molecule has 1 rings (SSSR count). The van der Waals surface area contributed by atoms with Gasteiger partial charge in [-0.1, -0.05) is 31.0 Å². The summed E-state index contributed by atoms with van der Waals surface area (Å²) in [4.78, 5) is 10.2. The minimum absolute atomic E-state index is 0.108. The molecular weight excluding hydrogens is 297 g/mol. The zero-order valence-electron chi connectivity index (χ0n) is 10.1. The van der Waals surface area contributed by atoms with Crippen LogP contribution in [-0.4, -0.2) is 25.5 Å². The van der Waals surface area contributed by atoms with E-state index in [0.717, 1.165) is 6.07 Å². The topological polar surface area (TPSA) is 83.5 Å². The van der Waals surface area contributed by atoms with Crippen molar-refractivity contribution in [3.8, 4) is 0 Å². The Balaban J connectivity index is 3.10. The number of hydrogen-bond donors (Lipinski definition) is 2. The molecule has 1 aromatic rings. The van der Waals surface area contributed by atoms with E-state index < -0.39 is 32.7 Å². The van der Waals surface area contributed by atoms with Crippen molar-refractivity contribution in [1.29, 1.82) is 0 Å². The Kier molecular flexibility index (Phi) is 5.28. The molecule has 0 heterocycles. The van der Waals surface area contributed by atoms with E-state index in [1.807, 2.05) is 4.72 Å². The van der Waals surface area contributed by atoms with Gasteiger partial charge in [-0.15, -0.1) is 0 Å². The largest absolute Gasteiger partial charge is 0.480 e. The monoisotopic (exact) mass is 309 g/mol. The fraction of sp³-hybridized carbons (Fsp3) is 0.364. The van der Waals surface area contributed by atoms with Crippen LogP contribution < -0.4 is 4.72 Å². The van der Waals surface area contributed by atoms with Crippen molar-refractivity contribution in [2.75, 3.05) is 0 Å². The van der Waals surface area contributed by atoms with Gasteiger partial charge in [0.15, 0.2) is 5.82 Å². The molecule has 0 saturated carbocycles. The highest BCUT2D eigenvalue weighted by atomic mass is 35.5. The molecule has 0 fully saturated rings. The minimum Gasteiger partial charge on any atom is -0.480 e. The van der Waals surface area contributed by atoms with Gasteiger partial charge in [0.2, 0.25) is 10.0 Å². The van der Waals surface area contributed by atoms with Gasteiger partial charge < -0.3 is 5.11 Å². The number of benzene rings is 1. The highest BCUT2D eigenvalue weighted by Gasteiger charge is 2.27. The highest BCUT2D eigenvalue weighted by Crippen LogP contribution is 2.22. The van der Waals surface area contributed by atoms with E-state index in [-0.39, 0.29) is 11.4 Å². The second-order valence-corrected chi connectivity index (χ2v) is 5.94. The van der Waals surface area contributed by atoms with Crippen LogP contribution in [0.1, 0.15) is 19.8 Å². The first-order valence-electron chi connectivity index (χ1n) is 5.48. The van der Waals surface area contributed by atoms with Gasteiger partial charge in [0.25, 0.3) is 0 Å². The standard InChI is InChI=1S/C11H13ClFNO4S/c1-2-4-8(11(15)16)14-19(17,18)9-6-3-5-7(12)10(9)13/h3,5-6,8,14H,2,4H2,1H3,(H,15,16)/t8-/m0/s1. The molecule has 8 heteroatoms. The number of sulfonamides is 1.